The number of benzene rings is 3. The number of thiazole rings is 1. The number of nitrogens with one attached hydrogen (secondary N) is 1. The van der Waals surface area contributed by atoms with E-state index in [1.165, 1.54) is 29.2 Å². The minimum Gasteiger partial charge on any atom is -0.494 e. The molecule has 0 aliphatic carbocycles. The number of carboxylic acid groups (broad SMARTS) is 1. The summed E-state index contributed by atoms with van der Waals surface area (Å²) in [6.45, 7) is 1.60. The van der Waals surface area contributed by atoms with Gasteiger partial charge in [-0.1, -0.05) is 47.4 Å². The number of anilines is 2. The molecule has 1 aliphatic rings. The van der Waals surface area contributed by atoms with Crippen LogP contribution in [0.2, 0.25) is 0 Å². The van der Waals surface area contributed by atoms with Gasteiger partial charge in [0.05, 0.1) is 29.1 Å². The number of para-hydroxylation sites is 1. The third-order valence-corrected chi connectivity index (χ3v) is 8.68. The summed E-state index contributed by atoms with van der Waals surface area (Å²) in [5, 5.41) is 13.6. The van der Waals surface area contributed by atoms with E-state index in [0.717, 1.165) is 27.1 Å². The van der Waals surface area contributed by atoms with Crippen LogP contribution in [0.15, 0.2) is 82.7 Å². The lowest BCUT2D eigenvalue weighted by Gasteiger charge is -2.29. The van der Waals surface area contributed by atoms with Crippen molar-refractivity contribution in [1.29, 1.82) is 0 Å². The third-order valence-electron chi connectivity index (χ3n) is 6.53. The van der Waals surface area contributed by atoms with E-state index in [1.54, 1.807) is 18.0 Å². The van der Waals surface area contributed by atoms with Crippen LogP contribution in [0.3, 0.4) is 0 Å². The Kier molecular flexibility index (Phi) is 9.92. The van der Waals surface area contributed by atoms with E-state index < -0.39 is 5.97 Å². The summed E-state index contributed by atoms with van der Waals surface area (Å²) in [6.07, 6.45) is 2.30. The molecular formula is C31H31N5O5S2. The van der Waals surface area contributed by atoms with Gasteiger partial charge in [-0.05, 0) is 65.8 Å². The van der Waals surface area contributed by atoms with Gasteiger partial charge in [-0.25, -0.2) is 14.6 Å². The van der Waals surface area contributed by atoms with Crippen molar-refractivity contribution in [1.82, 2.24) is 4.98 Å². The fourth-order valence-electron chi connectivity index (χ4n) is 4.45. The summed E-state index contributed by atoms with van der Waals surface area (Å²) >= 11 is 2.69. The van der Waals surface area contributed by atoms with Gasteiger partial charge in [-0.15, -0.1) is 0 Å². The highest BCUT2D eigenvalue weighted by molar-refractivity contribution is 8.17. The summed E-state index contributed by atoms with van der Waals surface area (Å²) in [5.41, 5.74) is 8.83. The normalized spacial score (nSPS) is 13.4. The van der Waals surface area contributed by atoms with Crippen molar-refractivity contribution in [3.63, 3.8) is 0 Å². The zero-order valence-corrected chi connectivity index (χ0v) is 25.1. The van der Waals surface area contributed by atoms with E-state index in [4.69, 9.17) is 15.2 Å². The summed E-state index contributed by atoms with van der Waals surface area (Å²) < 4.78 is 12.6. The highest BCUT2D eigenvalue weighted by atomic mass is 32.2. The lowest BCUT2D eigenvalue weighted by Crippen LogP contribution is -2.40. The molecule has 4 aromatic rings. The van der Waals surface area contributed by atoms with Gasteiger partial charge in [-0.3, -0.25) is 15.2 Å². The van der Waals surface area contributed by atoms with E-state index in [0.29, 0.717) is 65.7 Å². The molecule has 12 heteroatoms. The van der Waals surface area contributed by atoms with E-state index >= 15 is 0 Å². The van der Waals surface area contributed by atoms with Crippen LogP contribution in [-0.4, -0.2) is 53.9 Å². The number of hydrogen-bond acceptors (Lipinski definition) is 9. The van der Waals surface area contributed by atoms with Gasteiger partial charge in [0.15, 0.2) is 5.13 Å². The fraction of sp³-hybridized carbons (Fsp3) is 0.226. The van der Waals surface area contributed by atoms with Crippen molar-refractivity contribution >= 4 is 61.2 Å². The van der Waals surface area contributed by atoms with Crippen LogP contribution in [-0.2, 0) is 11.3 Å². The molecule has 0 bridgehead atoms. The fourth-order valence-corrected chi connectivity index (χ4v) is 6.30. The monoisotopic (exact) mass is 617 g/mol. The summed E-state index contributed by atoms with van der Waals surface area (Å²) in [5.74, 6) is 0.276. The van der Waals surface area contributed by atoms with E-state index in [9.17, 15) is 14.7 Å². The summed E-state index contributed by atoms with van der Waals surface area (Å²) in [6, 6.07) is 20.5. The van der Waals surface area contributed by atoms with E-state index in [1.807, 2.05) is 60.7 Å². The predicted octanol–water partition coefficient (Wildman–Crippen LogP) is 6.12. The smallest absolute Gasteiger partial charge is 0.329 e. The van der Waals surface area contributed by atoms with Gasteiger partial charge in [0.2, 0.25) is 0 Å². The molecular weight excluding hydrogens is 587 g/mol. The second-order valence-electron chi connectivity index (χ2n) is 9.48. The summed E-state index contributed by atoms with van der Waals surface area (Å²) in [4.78, 5) is 36.2. The molecule has 0 spiro atoms. The molecule has 1 aromatic heterocycles. The Morgan fingerprint density at radius 3 is 2.77 bits per heavy atom. The number of carbonyl (C=O) groups excluding carboxylic acids is 1. The Hall–Kier alpha value is -4.39. The first-order valence-corrected chi connectivity index (χ1v) is 15.3. The lowest BCUT2D eigenvalue weighted by molar-refractivity contribution is -0.131. The molecule has 4 N–H and O–H groups in total. The van der Waals surface area contributed by atoms with Crippen LogP contribution in [0.5, 0.6) is 11.5 Å². The first-order chi connectivity index (χ1) is 20.9. The highest BCUT2D eigenvalue weighted by Crippen LogP contribution is 2.36. The molecule has 222 valence electrons. The number of fused-ring (bicyclic) bond motifs is 2. The van der Waals surface area contributed by atoms with Crippen molar-refractivity contribution in [3.8, 4) is 11.5 Å². The number of allylic oxidation sites excluding steroid dienone is 1. The Bertz CT molecular complexity index is 1640. The number of aliphatic carboxylic acids is 1. The van der Waals surface area contributed by atoms with Crippen molar-refractivity contribution in [2.24, 2.45) is 10.7 Å². The van der Waals surface area contributed by atoms with Crippen LogP contribution in [0.4, 0.5) is 15.6 Å². The number of carboxylic acids is 1. The number of rotatable bonds is 10. The molecule has 2 heterocycles. The molecule has 43 heavy (non-hydrogen) atoms. The van der Waals surface area contributed by atoms with Gasteiger partial charge in [0.1, 0.15) is 23.1 Å². The van der Waals surface area contributed by atoms with Gasteiger partial charge < -0.3 is 20.3 Å². The number of thioether (sulfide) groups is 1. The van der Waals surface area contributed by atoms with Crippen LogP contribution in [0.1, 0.15) is 24.0 Å². The number of hydrogen-bond donors (Lipinski definition) is 3. The van der Waals surface area contributed by atoms with E-state index in [-0.39, 0.29) is 6.03 Å². The third kappa shape index (κ3) is 7.72. The number of carbonyl (C=O) groups is 2. The molecule has 0 unspecified atom stereocenters. The topological polar surface area (TPSA) is 139 Å². The molecule has 5 rings (SSSR count). The Balaban J connectivity index is 1.26. The van der Waals surface area contributed by atoms with Crippen molar-refractivity contribution in [3.05, 3.63) is 88.8 Å². The first kappa shape index (κ1) is 30.1. The van der Waals surface area contributed by atoms with Gasteiger partial charge in [0.25, 0.3) is 0 Å². The Morgan fingerprint density at radius 1 is 1.21 bits per heavy atom. The summed E-state index contributed by atoms with van der Waals surface area (Å²) in [7, 11) is 1.66. The number of nitrogens with zero attached hydrogens (tertiary/aromatic N) is 3. The first-order valence-electron chi connectivity index (χ1n) is 13.6. The predicted molar refractivity (Wildman–Crippen MR) is 173 cm³/mol. The quantitative estimate of drug-likeness (QED) is 0.0837. The SMILES string of the molecule is CN=C(S/C(=C/C(=O)O)CCCOc1ccc(CN)cc1)c1ccc2c(c1)N(C(=O)Nc1nc3ccccc3s1)CCO2. The van der Waals surface area contributed by atoms with Gasteiger partial charge in [0, 0.05) is 25.2 Å². The zero-order chi connectivity index (χ0) is 30.2. The molecule has 0 atom stereocenters. The maximum absolute atomic E-state index is 13.3. The Labute approximate surface area is 257 Å². The van der Waals surface area contributed by atoms with Crippen molar-refractivity contribution in [2.45, 2.75) is 19.4 Å². The average Bonchev–Trinajstić information content (AvgIpc) is 3.43. The number of nitrogens with two attached hydrogens (primary N) is 1. The molecule has 0 saturated carbocycles. The van der Waals surface area contributed by atoms with Crippen LogP contribution in [0, 0.1) is 0 Å². The highest BCUT2D eigenvalue weighted by Gasteiger charge is 2.26. The number of aromatic nitrogens is 1. The minimum atomic E-state index is -1.03. The van der Waals surface area contributed by atoms with Gasteiger partial charge >= 0.3 is 12.0 Å². The molecule has 10 nitrogen and oxygen atoms in total. The minimum absolute atomic E-state index is 0.312. The average molecular weight is 618 g/mol. The van der Waals surface area contributed by atoms with Crippen molar-refractivity contribution < 1.29 is 24.2 Å². The van der Waals surface area contributed by atoms with Crippen LogP contribution >= 0.6 is 23.1 Å². The molecule has 0 fully saturated rings. The number of ether oxygens (including phenoxy) is 2. The molecule has 1 aliphatic heterocycles. The number of aliphatic imine (C=N–C) groups is 1. The molecule has 0 saturated heterocycles. The largest absolute Gasteiger partial charge is 0.494 e. The van der Waals surface area contributed by atoms with Crippen molar-refractivity contribution in [2.75, 3.05) is 37.0 Å². The number of urea groups is 1. The zero-order valence-electron chi connectivity index (χ0n) is 23.5. The maximum Gasteiger partial charge on any atom is 0.329 e. The maximum atomic E-state index is 13.3. The Morgan fingerprint density at radius 2 is 2.02 bits per heavy atom. The second kappa shape index (κ2) is 14.2. The standard InChI is InChI=1S/C31H31N5O5S2/c1-33-29(42-23(18-28(37)38)5-4-15-40-22-11-8-20(19-32)9-12-22)21-10-13-26-25(17-21)36(14-16-41-26)31(39)35-30-34-24-6-2-3-7-27(24)43-30/h2-3,6-13,17-18H,4-5,14-16,19,32H2,1H3,(H,37,38)(H,34,35,39)/b23-18+,33-29?. The van der Waals surface area contributed by atoms with Gasteiger partial charge in [-0.2, -0.15) is 0 Å². The second-order valence-corrected chi connectivity index (χ2v) is 11.6. The van der Waals surface area contributed by atoms with E-state index in [2.05, 4.69) is 15.3 Å². The van der Waals surface area contributed by atoms with Crippen LogP contribution in [0.25, 0.3) is 10.2 Å². The molecule has 3 aromatic carbocycles. The molecule has 0 radical (unpaired) electrons. The van der Waals surface area contributed by atoms with Crippen LogP contribution < -0.4 is 25.4 Å². The lowest BCUT2D eigenvalue weighted by atomic mass is 10.1. The molecule has 2 amide bonds. The number of amides is 2.